The van der Waals surface area contributed by atoms with E-state index in [0.29, 0.717) is 4.47 Å². The summed E-state index contributed by atoms with van der Waals surface area (Å²) in [6.07, 6.45) is -1.72. The highest BCUT2D eigenvalue weighted by molar-refractivity contribution is 9.10. The van der Waals surface area contributed by atoms with Gasteiger partial charge in [0.05, 0.1) is 0 Å². The zero-order valence-corrected chi connectivity index (χ0v) is 10.7. The van der Waals surface area contributed by atoms with Crippen LogP contribution in [0.1, 0.15) is 12.5 Å². The second-order valence-corrected chi connectivity index (χ2v) is 4.92. The summed E-state index contributed by atoms with van der Waals surface area (Å²) >= 11 is 3.21. The Morgan fingerprint density at radius 2 is 2.29 bits per heavy atom. The van der Waals surface area contributed by atoms with Crippen molar-refractivity contribution < 1.29 is 13.5 Å². The van der Waals surface area contributed by atoms with Gasteiger partial charge in [0.1, 0.15) is 23.8 Å². The second-order valence-electron chi connectivity index (χ2n) is 4.00. The predicted octanol–water partition coefficient (Wildman–Crippen LogP) is 2.49. The molecule has 2 rings (SSSR count). The molecular formula is C11H11BrF2N2O. The quantitative estimate of drug-likeness (QED) is 0.866. The fraction of sp³-hybridized carbons (Fsp3) is 0.364. The second kappa shape index (κ2) is 4.34. The van der Waals surface area contributed by atoms with Crippen molar-refractivity contribution >= 4 is 21.8 Å². The molecule has 92 valence electrons. The molecule has 0 saturated heterocycles. The summed E-state index contributed by atoms with van der Waals surface area (Å²) in [6, 6.07) is 4.26. The molecule has 0 spiro atoms. The average molecular weight is 305 g/mol. The molecular weight excluding hydrogens is 294 g/mol. The molecule has 0 aromatic heterocycles. The number of aliphatic imine (C=N–C) groups is 1. The third-order valence-electron chi connectivity index (χ3n) is 2.67. The number of ether oxygens (including phenoxy) is 1. The van der Waals surface area contributed by atoms with E-state index < -0.39 is 17.7 Å². The Morgan fingerprint density at radius 1 is 1.59 bits per heavy atom. The molecule has 0 aliphatic carbocycles. The minimum absolute atomic E-state index is 0.0770. The first-order valence-corrected chi connectivity index (χ1v) is 5.78. The maximum Gasteiger partial charge on any atom is 0.228 e. The Labute approximate surface area is 106 Å². The van der Waals surface area contributed by atoms with Crippen molar-refractivity contribution in [1.82, 2.24) is 0 Å². The highest BCUT2D eigenvalue weighted by atomic mass is 79.9. The van der Waals surface area contributed by atoms with Crippen molar-refractivity contribution in [2.45, 2.75) is 18.8 Å². The fourth-order valence-electron chi connectivity index (χ4n) is 1.77. The van der Waals surface area contributed by atoms with Crippen LogP contribution in [-0.2, 0) is 10.3 Å². The molecule has 1 heterocycles. The van der Waals surface area contributed by atoms with Gasteiger partial charge in [-0.3, -0.25) is 4.99 Å². The van der Waals surface area contributed by atoms with Crippen molar-refractivity contribution in [2.24, 2.45) is 10.7 Å². The Kier molecular flexibility index (Phi) is 3.18. The normalized spacial score (nSPS) is 28.9. The van der Waals surface area contributed by atoms with Gasteiger partial charge in [-0.05, 0) is 25.1 Å². The Bertz CT molecular complexity index is 481. The highest BCUT2D eigenvalue weighted by Crippen LogP contribution is 2.37. The van der Waals surface area contributed by atoms with Crippen LogP contribution in [0.3, 0.4) is 0 Å². The van der Waals surface area contributed by atoms with Crippen molar-refractivity contribution in [3.63, 3.8) is 0 Å². The molecule has 2 atom stereocenters. The van der Waals surface area contributed by atoms with E-state index in [4.69, 9.17) is 10.5 Å². The molecule has 6 heteroatoms. The van der Waals surface area contributed by atoms with Gasteiger partial charge in [0.2, 0.25) is 6.36 Å². The lowest BCUT2D eigenvalue weighted by Crippen LogP contribution is -2.43. The molecule has 3 nitrogen and oxygen atoms in total. The molecule has 1 aromatic rings. The topological polar surface area (TPSA) is 47.6 Å². The standard InChI is InChI=1S/C11H11BrF2N2O/c1-11(10(14)17-5-9(15)16-11)7-4-6(12)2-3-8(7)13/h2-4,10H,5H2,1H3,(H2,15,16). The number of nitrogens with zero attached hydrogens (tertiary/aromatic N) is 1. The first-order valence-electron chi connectivity index (χ1n) is 4.99. The maximum atomic E-state index is 13.8. The van der Waals surface area contributed by atoms with Crippen LogP contribution in [0.5, 0.6) is 0 Å². The largest absolute Gasteiger partial charge is 0.385 e. The lowest BCUT2D eigenvalue weighted by molar-refractivity contribution is -0.0805. The minimum atomic E-state index is -1.72. The van der Waals surface area contributed by atoms with E-state index in [9.17, 15) is 8.78 Å². The zero-order chi connectivity index (χ0) is 12.6. The third kappa shape index (κ3) is 2.19. The van der Waals surface area contributed by atoms with Gasteiger partial charge in [-0.1, -0.05) is 15.9 Å². The molecule has 0 fully saturated rings. The molecule has 2 unspecified atom stereocenters. The van der Waals surface area contributed by atoms with Gasteiger partial charge in [0, 0.05) is 10.0 Å². The molecule has 1 aromatic carbocycles. The van der Waals surface area contributed by atoms with Crippen LogP contribution in [0.2, 0.25) is 0 Å². The van der Waals surface area contributed by atoms with Crippen LogP contribution in [-0.4, -0.2) is 18.8 Å². The number of amidine groups is 1. The molecule has 0 amide bonds. The predicted molar refractivity (Wildman–Crippen MR) is 63.9 cm³/mol. The van der Waals surface area contributed by atoms with Crippen molar-refractivity contribution in [1.29, 1.82) is 0 Å². The van der Waals surface area contributed by atoms with Gasteiger partial charge in [0.15, 0.2) is 0 Å². The maximum absolute atomic E-state index is 13.8. The summed E-state index contributed by atoms with van der Waals surface area (Å²) in [5, 5.41) is 0. The van der Waals surface area contributed by atoms with Gasteiger partial charge in [-0.25, -0.2) is 8.78 Å². The van der Waals surface area contributed by atoms with Gasteiger partial charge >= 0.3 is 0 Å². The van der Waals surface area contributed by atoms with E-state index in [1.165, 1.54) is 25.1 Å². The summed E-state index contributed by atoms with van der Waals surface area (Å²) < 4.78 is 33.1. The molecule has 0 radical (unpaired) electrons. The Hall–Kier alpha value is -1.01. The van der Waals surface area contributed by atoms with Crippen LogP contribution in [0.25, 0.3) is 0 Å². The van der Waals surface area contributed by atoms with E-state index in [-0.39, 0.29) is 18.0 Å². The molecule has 1 aliphatic heterocycles. The molecule has 17 heavy (non-hydrogen) atoms. The Balaban J connectivity index is 2.56. The summed E-state index contributed by atoms with van der Waals surface area (Å²) in [5.41, 5.74) is 4.19. The summed E-state index contributed by atoms with van der Waals surface area (Å²) in [6.45, 7) is 1.38. The van der Waals surface area contributed by atoms with Crippen LogP contribution in [0.15, 0.2) is 27.7 Å². The molecule has 1 aliphatic rings. The van der Waals surface area contributed by atoms with E-state index in [2.05, 4.69) is 20.9 Å². The van der Waals surface area contributed by atoms with E-state index >= 15 is 0 Å². The zero-order valence-electron chi connectivity index (χ0n) is 9.08. The van der Waals surface area contributed by atoms with Crippen molar-refractivity contribution in [3.05, 3.63) is 34.1 Å². The first-order chi connectivity index (χ1) is 7.93. The lowest BCUT2D eigenvalue weighted by atomic mass is 9.91. The van der Waals surface area contributed by atoms with Crippen LogP contribution < -0.4 is 5.73 Å². The van der Waals surface area contributed by atoms with Gasteiger partial charge in [0.25, 0.3) is 0 Å². The number of hydrogen-bond donors (Lipinski definition) is 1. The number of halogens is 3. The smallest absolute Gasteiger partial charge is 0.228 e. The summed E-state index contributed by atoms with van der Waals surface area (Å²) in [4.78, 5) is 4.00. The third-order valence-corrected chi connectivity index (χ3v) is 3.16. The SMILES string of the molecule is CC1(c2cc(Br)ccc2F)N=C(N)COC1F. The fourth-order valence-corrected chi connectivity index (χ4v) is 2.13. The minimum Gasteiger partial charge on any atom is -0.385 e. The first kappa shape index (κ1) is 12.4. The van der Waals surface area contributed by atoms with Crippen molar-refractivity contribution in [2.75, 3.05) is 6.61 Å². The average Bonchev–Trinajstić information content (AvgIpc) is 2.27. The molecule has 0 bridgehead atoms. The van der Waals surface area contributed by atoms with E-state index in [1.54, 1.807) is 0 Å². The van der Waals surface area contributed by atoms with E-state index in [1.807, 2.05) is 0 Å². The Morgan fingerprint density at radius 3 is 3.00 bits per heavy atom. The number of rotatable bonds is 1. The van der Waals surface area contributed by atoms with Crippen molar-refractivity contribution in [3.8, 4) is 0 Å². The number of nitrogens with two attached hydrogens (primary N) is 1. The highest BCUT2D eigenvalue weighted by Gasteiger charge is 2.42. The number of alkyl halides is 1. The van der Waals surface area contributed by atoms with Crippen LogP contribution in [0, 0.1) is 5.82 Å². The van der Waals surface area contributed by atoms with E-state index in [0.717, 1.165) is 0 Å². The number of hydrogen-bond acceptors (Lipinski definition) is 3. The molecule has 0 saturated carbocycles. The summed E-state index contributed by atoms with van der Waals surface area (Å²) in [7, 11) is 0. The van der Waals surface area contributed by atoms with Crippen LogP contribution >= 0.6 is 15.9 Å². The monoisotopic (exact) mass is 304 g/mol. The van der Waals surface area contributed by atoms with Crippen LogP contribution in [0.4, 0.5) is 8.78 Å². The lowest BCUT2D eigenvalue weighted by Gasteiger charge is -2.33. The number of benzene rings is 1. The van der Waals surface area contributed by atoms with Gasteiger partial charge in [-0.2, -0.15) is 0 Å². The summed E-state index contributed by atoms with van der Waals surface area (Å²) in [5.74, 6) is -0.388. The molecule has 2 N–H and O–H groups in total. The van der Waals surface area contributed by atoms with Gasteiger partial charge < -0.3 is 10.5 Å². The van der Waals surface area contributed by atoms with Gasteiger partial charge in [-0.15, -0.1) is 0 Å².